The Morgan fingerprint density at radius 1 is 1.13 bits per heavy atom. The fourth-order valence-corrected chi connectivity index (χ4v) is 6.02. The third-order valence-corrected chi connectivity index (χ3v) is 8.57. The molecule has 2 aliphatic rings. The van der Waals surface area contributed by atoms with Gasteiger partial charge in [0, 0.05) is 38.9 Å². The average Bonchev–Trinajstić information content (AvgIpc) is 3.57. The molecule has 4 aromatic rings. The third-order valence-electron chi connectivity index (χ3n) is 6.03. The van der Waals surface area contributed by atoms with Gasteiger partial charge in [0.15, 0.2) is 15.8 Å². The summed E-state index contributed by atoms with van der Waals surface area (Å²) < 4.78 is 13.7. The molecule has 1 fully saturated rings. The maximum Gasteiger partial charge on any atom is 0.270 e. The van der Waals surface area contributed by atoms with Crippen molar-refractivity contribution in [2.24, 2.45) is 0 Å². The van der Waals surface area contributed by atoms with Crippen molar-refractivity contribution in [1.82, 2.24) is 4.57 Å². The van der Waals surface area contributed by atoms with E-state index < -0.39 is 0 Å². The molecule has 1 aromatic heterocycles. The highest BCUT2D eigenvalue weighted by Gasteiger charge is 2.33. The van der Waals surface area contributed by atoms with Crippen molar-refractivity contribution >= 4 is 96.0 Å². The first-order valence-electron chi connectivity index (χ1n) is 11.4. The second-order valence-corrected chi connectivity index (χ2v) is 11.4. The summed E-state index contributed by atoms with van der Waals surface area (Å²) >= 11 is 16.4. The Morgan fingerprint density at radius 3 is 2.79 bits per heavy atom. The number of halogens is 2. The SMILES string of the molecule is O=C(Cn1cc(/C=C2\SC(=S)N(c3ccc(Br)c(Cl)c3)C2=O)c2ccccc21)Nc1ccc2c(c1)OCO2. The van der Waals surface area contributed by atoms with Crippen LogP contribution in [0.15, 0.2) is 76.2 Å². The largest absolute Gasteiger partial charge is 0.454 e. The van der Waals surface area contributed by atoms with Crippen LogP contribution >= 0.6 is 51.5 Å². The highest BCUT2D eigenvalue weighted by Crippen LogP contribution is 2.39. The van der Waals surface area contributed by atoms with Crippen LogP contribution in [0, 0.1) is 0 Å². The highest BCUT2D eigenvalue weighted by molar-refractivity contribution is 9.10. The van der Waals surface area contributed by atoms with E-state index in [1.54, 1.807) is 36.4 Å². The molecular formula is C27H17BrClN3O4S2. The number of ether oxygens (including phenoxy) is 2. The van der Waals surface area contributed by atoms with Gasteiger partial charge in [-0.15, -0.1) is 0 Å². The fraction of sp³-hybridized carbons (Fsp3) is 0.0741. The van der Waals surface area contributed by atoms with E-state index in [1.807, 2.05) is 41.1 Å². The molecule has 7 nitrogen and oxygen atoms in total. The molecule has 2 amide bonds. The first-order valence-corrected chi connectivity index (χ1v) is 13.8. The van der Waals surface area contributed by atoms with Crippen LogP contribution in [0.3, 0.4) is 0 Å². The van der Waals surface area contributed by atoms with E-state index in [0.29, 0.717) is 37.1 Å². The fourth-order valence-electron chi connectivity index (χ4n) is 4.31. The number of amides is 2. The van der Waals surface area contributed by atoms with Crippen molar-refractivity contribution in [3.63, 3.8) is 0 Å². The van der Waals surface area contributed by atoms with Crippen LogP contribution < -0.4 is 19.7 Å². The van der Waals surface area contributed by atoms with Gasteiger partial charge in [0.25, 0.3) is 5.91 Å². The molecule has 0 saturated carbocycles. The molecule has 11 heteroatoms. The monoisotopic (exact) mass is 625 g/mol. The third kappa shape index (κ3) is 4.69. The number of benzene rings is 3. The topological polar surface area (TPSA) is 72.8 Å². The van der Waals surface area contributed by atoms with Crippen LogP contribution in [0.5, 0.6) is 11.5 Å². The van der Waals surface area contributed by atoms with Crippen LogP contribution in [0.1, 0.15) is 5.56 Å². The van der Waals surface area contributed by atoms with E-state index in [2.05, 4.69) is 21.2 Å². The molecule has 0 atom stereocenters. The lowest BCUT2D eigenvalue weighted by Crippen LogP contribution is -2.27. The van der Waals surface area contributed by atoms with Gasteiger partial charge in [0.05, 0.1) is 15.6 Å². The number of nitrogens with one attached hydrogen (secondary N) is 1. The summed E-state index contributed by atoms with van der Waals surface area (Å²) in [6, 6.07) is 18.3. The molecule has 0 unspecified atom stereocenters. The van der Waals surface area contributed by atoms with Crippen molar-refractivity contribution in [2.75, 3.05) is 17.0 Å². The summed E-state index contributed by atoms with van der Waals surface area (Å²) in [6.45, 7) is 0.252. The first-order chi connectivity index (χ1) is 18.4. The number of aromatic nitrogens is 1. The molecule has 0 bridgehead atoms. The lowest BCUT2D eigenvalue weighted by Gasteiger charge is -2.15. The maximum absolute atomic E-state index is 13.3. The minimum Gasteiger partial charge on any atom is -0.454 e. The van der Waals surface area contributed by atoms with Crippen molar-refractivity contribution in [1.29, 1.82) is 0 Å². The number of hydrogen-bond acceptors (Lipinski definition) is 6. The van der Waals surface area contributed by atoms with Crippen LogP contribution in [-0.4, -0.2) is 27.5 Å². The Morgan fingerprint density at radius 2 is 1.95 bits per heavy atom. The molecule has 38 heavy (non-hydrogen) atoms. The molecule has 1 N–H and O–H groups in total. The number of carbonyl (C=O) groups is 2. The molecule has 190 valence electrons. The minimum atomic E-state index is -0.226. The number of hydrogen-bond donors (Lipinski definition) is 1. The Hall–Kier alpha value is -3.31. The summed E-state index contributed by atoms with van der Waals surface area (Å²) in [5.41, 5.74) is 2.90. The van der Waals surface area contributed by atoms with Crippen molar-refractivity contribution in [3.8, 4) is 11.5 Å². The van der Waals surface area contributed by atoms with Gasteiger partial charge < -0.3 is 19.4 Å². The molecule has 6 rings (SSSR count). The first kappa shape index (κ1) is 25.0. The number of nitrogens with zero attached hydrogens (tertiary/aromatic N) is 2. The van der Waals surface area contributed by atoms with Gasteiger partial charge in [-0.1, -0.05) is 53.8 Å². The van der Waals surface area contributed by atoms with Gasteiger partial charge >= 0.3 is 0 Å². The second kappa shape index (κ2) is 10.1. The summed E-state index contributed by atoms with van der Waals surface area (Å²) in [6.07, 6.45) is 3.68. The van der Waals surface area contributed by atoms with Gasteiger partial charge in [-0.3, -0.25) is 14.5 Å². The van der Waals surface area contributed by atoms with Gasteiger partial charge in [-0.2, -0.15) is 0 Å². The number of anilines is 2. The lowest BCUT2D eigenvalue weighted by atomic mass is 10.1. The lowest BCUT2D eigenvalue weighted by molar-refractivity contribution is -0.116. The van der Waals surface area contributed by atoms with Crippen LogP contribution in [0.25, 0.3) is 17.0 Å². The zero-order chi connectivity index (χ0) is 26.4. The smallest absolute Gasteiger partial charge is 0.270 e. The number of para-hydroxylation sites is 1. The second-order valence-electron chi connectivity index (χ2n) is 8.46. The number of rotatable bonds is 5. The molecule has 1 saturated heterocycles. The average molecular weight is 627 g/mol. The van der Waals surface area contributed by atoms with Gasteiger partial charge in [0.1, 0.15) is 6.54 Å². The zero-order valence-corrected chi connectivity index (χ0v) is 23.4. The number of thioether (sulfide) groups is 1. The molecule has 3 aromatic carbocycles. The molecular weight excluding hydrogens is 610 g/mol. The molecule has 0 spiro atoms. The Kier molecular flexibility index (Phi) is 6.65. The molecule has 2 aliphatic heterocycles. The quantitative estimate of drug-likeness (QED) is 0.193. The van der Waals surface area contributed by atoms with Gasteiger partial charge in [-0.05, 0) is 58.4 Å². The minimum absolute atomic E-state index is 0.0845. The standard InChI is InChI=1S/C27H17BrClN3O4S2/c28-19-7-6-17(11-20(19)29)32-26(34)24(38-27(32)37)9-15-12-31(21-4-2-1-3-18(15)21)13-25(33)30-16-5-8-22-23(10-16)36-14-35-22/h1-12H,13-14H2,(H,30,33)/b24-9-. The molecule has 3 heterocycles. The summed E-state index contributed by atoms with van der Waals surface area (Å²) in [5.74, 6) is 0.822. The normalized spacial score (nSPS) is 15.6. The Balaban J connectivity index is 1.26. The van der Waals surface area contributed by atoms with Crippen LogP contribution in [0.2, 0.25) is 5.02 Å². The van der Waals surface area contributed by atoms with E-state index in [-0.39, 0.29) is 25.2 Å². The summed E-state index contributed by atoms with van der Waals surface area (Å²) in [7, 11) is 0. The van der Waals surface area contributed by atoms with Crippen molar-refractivity contribution in [2.45, 2.75) is 6.54 Å². The van der Waals surface area contributed by atoms with E-state index >= 15 is 0 Å². The molecule has 0 aliphatic carbocycles. The van der Waals surface area contributed by atoms with Crippen LogP contribution in [-0.2, 0) is 16.1 Å². The van der Waals surface area contributed by atoms with Crippen molar-refractivity contribution < 1.29 is 19.1 Å². The number of carbonyl (C=O) groups excluding carboxylic acids is 2. The van der Waals surface area contributed by atoms with Gasteiger partial charge in [0.2, 0.25) is 12.7 Å². The van der Waals surface area contributed by atoms with E-state index in [0.717, 1.165) is 20.9 Å². The Bertz CT molecular complexity index is 1690. The number of fused-ring (bicyclic) bond motifs is 2. The predicted molar refractivity (Wildman–Crippen MR) is 158 cm³/mol. The molecule has 0 radical (unpaired) electrons. The number of thiocarbonyl (C=S) groups is 1. The predicted octanol–water partition coefficient (Wildman–Crippen LogP) is 6.83. The zero-order valence-electron chi connectivity index (χ0n) is 19.4. The maximum atomic E-state index is 13.3. The summed E-state index contributed by atoms with van der Waals surface area (Å²) in [4.78, 5) is 28.2. The van der Waals surface area contributed by atoms with Crippen LogP contribution in [0.4, 0.5) is 11.4 Å². The Labute approximate surface area is 240 Å². The van der Waals surface area contributed by atoms with Crippen molar-refractivity contribution in [3.05, 3.63) is 86.8 Å². The van der Waals surface area contributed by atoms with E-state index in [4.69, 9.17) is 33.3 Å². The van der Waals surface area contributed by atoms with E-state index in [9.17, 15) is 9.59 Å². The van der Waals surface area contributed by atoms with E-state index in [1.165, 1.54) is 16.7 Å². The van der Waals surface area contributed by atoms with Gasteiger partial charge in [-0.25, -0.2) is 0 Å². The highest BCUT2D eigenvalue weighted by atomic mass is 79.9. The summed E-state index contributed by atoms with van der Waals surface area (Å²) in [5, 5.41) is 4.31.